The van der Waals surface area contributed by atoms with Gasteiger partial charge in [0.2, 0.25) is 0 Å². The zero-order valence-corrected chi connectivity index (χ0v) is 19.0. The van der Waals surface area contributed by atoms with Gasteiger partial charge < -0.3 is 14.1 Å². The largest absolute Gasteiger partial charge is 0.496 e. The van der Waals surface area contributed by atoms with Crippen LogP contribution in [0.5, 0.6) is 5.75 Å². The molecule has 1 fully saturated rings. The molecule has 7 heteroatoms. The summed E-state index contributed by atoms with van der Waals surface area (Å²) in [7, 11) is -0.385. The van der Waals surface area contributed by atoms with Gasteiger partial charge in [-0.1, -0.05) is 26.8 Å². The highest BCUT2D eigenvalue weighted by Gasteiger charge is 2.39. The predicted molar refractivity (Wildman–Crippen MR) is 114 cm³/mol. The number of ether oxygens (including phenoxy) is 1. The van der Waals surface area contributed by atoms with Crippen LogP contribution in [0.3, 0.4) is 0 Å². The van der Waals surface area contributed by atoms with Gasteiger partial charge in [-0.15, -0.1) is 0 Å². The fourth-order valence-corrected chi connectivity index (χ4v) is 4.85. The van der Waals surface area contributed by atoms with Crippen molar-refractivity contribution in [3.05, 3.63) is 29.3 Å². The number of carbonyl (C=O) groups is 2. The van der Waals surface area contributed by atoms with Crippen molar-refractivity contribution < 1.29 is 18.8 Å². The van der Waals surface area contributed by atoms with E-state index in [0.717, 1.165) is 11.5 Å². The lowest BCUT2D eigenvalue weighted by molar-refractivity contribution is 0.0637. The lowest BCUT2D eigenvalue weighted by Gasteiger charge is -2.41. The van der Waals surface area contributed by atoms with Crippen LogP contribution in [0.25, 0.3) is 0 Å². The van der Waals surface area contributed by atoms with E-state index in [-0.39, 0.29) is 17.0 Å². The Morgan fingerprint density at radius 3 is 2.67 bits per heavy atom. The third-order valence-corrected chi connectivity index (χ3v) is 11.2. The Morgan fingerprint density at radius 1 is 1.37 bits per heavy atom. The standard InChI is InChI=1S/C20H31NO4SSi/c1-20(2,3)27(5,6)25-13-15-14-26-11-10-21(15)19(23)16-8-7-9-18(24-4)17(16)12-22/h7-9,12,15H,10-11,13-14H2,1-6H3. The zero-order chi connectivity index (χ0) is 20.2. The van der Waals surface area contributed by atoms with Crippen LogP contribution in [0, 0.1) is 0 Å². The molecule has 1 aromatic carbocycles. The average Bonchev–Trinajstić information content (AvgIpc) is 2.64. The molecule has 1 aliphatic rings. The summed E-state index contributed by atoms with van der Waals surface area (Å²) in [6.07, 6.45) is 0.700. The highest BCUT2D eigenvalue weighted by Crippen LogP contribution is 2.37. The Bertz CT molecular complexity index is 687. The Hall–Kier alpha value is -1.31. The lowest BCUT2D eigenvalue weighted by Crippen LogP contribution is -2.51. The summed E-state index contributed by atoms with van der Waals surface area (Å²) in [4.78, 5) is 26.7. The molecule has 5 nitrogen and oxygen atoms in total. The summed E-state index contributed by atoms with van der Waals surface area (Å²) in [5.74, 6) is 2.04. The molecule has 0 bridgehead atoms. The number of rotatable bonds is 6. The highest BCUT2D eigenvalue weighted by molar-refractivity contribution is 7.99. The van der Waals surface area contributed by atoms with Gasteiger partial charge in [-0.25, -0.2) is 0 Å². The van der Waals surface area contributed by atoms with Crippen LogP contribution in [0.1, 0.15) is 41.5 Å². The molecule has 0 saturated carbocycles. The fourth-order valence-electron chi connectivity index (χ4n) is 2.77. The van der Waals surface area contributed by atoms with Gasteiger partial charge in [0.25, 0.3) is 5.91 Å². The first-order valence-corrected chi connectivity index (χ1v) is 13.3. The quantitative estimate of drug-likeness (QED) is 0.523. The minimum atomic E-state index is -1.89. The van der Waals surface area contributed by atoms with Gasteiger partial charge in [-0.3, -0.25) is 9.59 Å². The molecule has 0 spiro atoms. The number of nitrogens with zero attached hydrogens (tertiary/aromatic N) is 1. The number of hydrogen-bond acceptors (Lipinski definition) is 5. The molecular formula is C20H31NO4SSi. The van der Waals surface area contributed by atoms with Crippen molar-refractivity contribution in [3.63, 3.8) is 0 Å². The van der Waals surface area contributed by atoms with Crippen molar-refractivity contribution in [2.45, 2.75) is 44.9 Å². The van der Waals surface area contributed by atoms with Gasteiger partial charge in [0.05, 0.1) is 30.9 Å². The molecule has 0 aliphatic carbocycles. The van der Waals surface area contributed by atoms with Crippen LogP contribution in [0.2, 0.25) is 18.1 Å². The number of benzene rings is 1. The molecule has 1 aliphatic heterocycles. The normalized spacial score (nSPS) is 18.3. The second-order valence-electron chi connectivity index (χ2n) is 8.34. The van der Waals surface area contributed by atoms with Crippen LogP contribution in [-0.4, -0.2) is 63.2 Å². The molecule has 1 amide bonds. The van der Waals surface area contributed by atoms with Gasteiger partial charge in [0, 0.05) is 18.1 Å². The van der Waals surface area contributed by atoms with E-state index in [0.29, 0.717) is 36.3 Å². The first-order valence-electron chi connectivity index (χ1n) is 9.27. The summed E-state index contributed by atoms with van der Waals surface area (Å²) < 4.78 is 11.6. The number of thioether (sulfide) groups is 1. The minimum Gasteiger partial charge on any atom is -0.496 e. The number of hydrogen-bond donors (Lipinski definition) is 0. The first kappa shape index (κ1) is 22.0. The van der Waals surface area contributed by atoms with Crippen molar-refractivity contribution >= 4 is 32.3 Å². The topological polar surface area (TPSA) is 55.8 Å². The molecule has 1 saturated heterocycles. The second-order valence-corrected chi connectivity index (χ2v) is 14.3. The van der Waals surface area contributed by atoms with Crippen LogP contribution in [-0.2, 0) is 4.43 Å². The van der Waals surface area contributed by atoms with Crippen molar-refractivity contribution in [2.24, 2.45) is 0 Å². The average molecular weight is 410 g/mol. The Morgan fingerprint density at radius 2 is 2.07 bits per heavy atom. The van der Waals surface area contributed by atoms with Gasteiger partial charge >= 0.3 is 0 Å². The summed E-state index contributed by atoms with van der Waals surface area (Å²) in [6.45, 7) is 12.3. The van der Waals surface area contributed by atoms with Crippen LogP contribution < -0.4 is 4.74 Å². The zero-order valence-electron chi connectivity index (χ0n) is 17.2. The Kier molecular flexibility index (Phi) is 7.16. The van der Waals surface area contributed by atoms with Crippen LogP contribution in [0.4, 0.5) is 0 Å². The van der Waals surface area contributed by atoms with Crippen molar-refractivity contribution in [1.82, 2.24) is 4.90 Å². The summed E-state index contributed by atoms with van der Waals surface area (Å²) in [5, 5.41) is 0.126. The van der Waals surface area contributed by atoms with Gasteiger partial charge in [-0.05, 0) is 30.3 Å². The van der Waals surface area contributed by atoms with Gasteiger partial charge in [0.1, 0.15) is 5.75 Å². The number of methoxy groups -OCH3 is 1. The molecule has 1 atom stereocenters. The van der Waals surface area contributed by atoms with Gasteiger partial charge in [-0.2, -0.15) is 11.8 Å². The van der Waals surface area contributed by atoms with Crippen molar-refractivity contribution in [3.8, 4) is 5.75 Å². The van der Waals surface area contributed by atoms with E-state index >= 15 is 0 Å². The molecule has 1 unspecified atom stereocenters. The minimum absolute atomic E-state index is 0.0103. The monoisotopic (exact) mass is 409 g/mol. The molecule has 0 aromatic heterocycles. The summed E-state index contributed by atoms with van der Waals surface area (Å²) >= 11 is 1.84. The maximum Gasteiger partial charge on any atom is 0.255 e. The molecule has 150 valence electrons. The summed E-state index contributed by atoms with van der Waals surface area (Å²) in [6, 6.07) is 5.15. The van der Waals surface area contributed by atoms with E-state index in [1.165, 1.54) is 7.11 Å². The molecular weight excluding hydrogens is 378 g/mol. The third-order valence-electron chi connectivity index (χ3n) is 5.57. The SMILES string of the molecule is COc1cccc(C(=O)N2CCSCC2CO[Si](C)(C)C(C)(C)C)c1C=O. The van der Waals surface area contributed by atoms with Crippen LogP contribution >= 0.6 is 11.8 Å². The maximum absolute atomic E-state index is 13.2. The molecule has 1 aromatic rings. The Labute approximate surface area is 167 Å². The highest BCUT2D eigenvalue weighted by atomic mass is 32.2. The second kappa shape index (κ2) is 8.79. The fraction of sp³-hybridized carbons (Fsp3) is 0.600. The Balaban J connectivity index is 2.22. The molecule has 1 heterocycles. The van der Waals surface area contributed by atoms with Gasteiger partial charge in [0.15, 0.2) is 14.6 Å². The van der Waals surface area contributed by atoms with E-state index in [9.17, 15) is 9.59 Å². The lowest BCUT2D eigenvalue weighted by atomic mass is 10.1. The summed E-state index contributed by atoms with van der Waals surface area (Å²) in [5.41, 5.74) is 0.709. The molecule has 27 heavy (non-hydrogen) atoms. The van der Waals surface area contributed by atoms with Crippen molar-refractivity contribution in [2.75, 3.05) is 31.8 Å². The predicted octanol–water partition coefficient (Wildman–Crippen LogP) is 4.09. The molecule has 0 radical (unpaired) electrons. The molecule has 0 N–H and O–H groups in total. The van der Waals surface area contributed by atoms with Crippen LogP contribution in [0.15, 0.2) is 18.2 Å². The van der Waals surface area contributed by atoms with E-state index < -0.39 is 8.32 Å². The maximum atomic E-state index is 13.2. The number of amides is 1. The van der Waals surface area contributed by atoms with E-state index in [1.54, 1.807) is 18.2 Å². The van der Waals surface area contributed by atoms with Crippen molar-refractivity contribution in [1.29, 1.82) is 0 Å². The molecule has 2 rings (SSSR count). The first-order chi connectivity index (χ1) is 12.6. The number of carbonyl (C=O) groups excluding carboxylic acids is 2. The third kappa shape index (κ3) is 4.95. The van der Waals surface area contributed by atoms with E-state index in [4.69, 9.17) is 9.16 Å². The smallest absolute Gasteiger partial charge is 0.255 e. The van der Waals surface area contributed by atoms with E-state index in [2.05, 4.69) is 33.9 Å². The van der Waals surface area contributed by atoms with E-state index in [1.807, 2.05) is 16.7 Å². The number of aldehydes is 1.